The molecule has 1 aliphatic heterocycles. The van der Waals surface area contributed by atoms with Crippen LogP contribution >= 0.6 is 11.6 Å². The number of nitrogens with zero attached hydrogens (tertiary/aromatic N) is 6. The Bertz CT molecular complexity index is 1270. The molecule has 3 aromatic rings. The van der Waals surface area contributed by atoms with Gasteiger partial charge in [-0.3, -0.25) is 4.57 Å². The number of aromatic nitrogens is 5. The molecule has 198 valence electrons. The quantitative estimate of drug-likeness (QED) is 0.374. The summed E-state index contributed by atoms with van der Waals surface area (Å²) in [6, 6.07) is 5.72. The highest BCUT2D eigenvalue weighted by Crippen LogP contribution is 2.41. The first kappa shape index (κ1) is 25.7. The highest BCUT2D eigenvalue weighted by molar-refractivity contribution is 6.30. The lowest BCUT2D eigenvalue weighted by molar-refractivity contribution is -0.155. The van der Waals surface area contributed by atoms with E-state index in [4.69, 9.17) is 25.7 Å². The molecule has 1 aliphatic carbocycles. The van der Waals surface area contributed by atoms with E-state index in [0.29, 0.717) is 23.3 Å². The fourth-order valence-electron chi connectivity index (χ4n) is 4.96. The number of rotatable bonds is 4. The van der Waals surface area contributed by atoms with Gasteiger partial charge in [0, 0.05) is 22.8 Å². The molecule has 1 aromatic carbocycles. The van der Waals surface area contributed by atoms with Crippen LogP contribution in [-0.2, 0) is 22.7 Å². The maximum atomic E-state index is 12.4. The van der Waals surface area contributed by atoms with Crippen LogP contribution in [0.5, 0.6) is 0 Å². The van der Waals surface area contributed by atoms with E-state index in [0.717, 1.165) is 48.6 Å². The van der Waals surface area contributed by atoms with Crippen molar-refractivity contribution in [2.45, 2.75) is 96.7 Å². The van der Waals surface area contributed by atoms with Gasteiger partial charge in [-0.05, 0) is 70.2 Å². The molecule has 0 radical (unpaired) electrons. The van der Waals surface area contributed by atoms with Crippen LogP contribution in [0, 0.1) is 0 Å². The second kappa shape index (κ2) is 10.1. The van der Waals surface area contributed by atoms with Crippen molar-refractivity contribution in [3.8, 4) is 5.69 Å². The highest BCUT2D eigenvalue weighted by Gasteiger charge is 2.33. The van der Waals surface area contributed by atoms with E-state index in [-0.39, 0.29) is 24.3 Å². The average Bonchev–Trinajstić information content (AvgIpc) is 3.43. The molecule has 1 saturated carbocycles. The molecule has 0 amide bonds. The van der Waals surface area contributed by atoms with E-state index < -0.39 is 11.8 Å². The highest BCUT2D eigenvalue weighted by atomic mass is 35.5. The molecule has 3 heterocycles. The number of halogens is 1. The van der Waals surface area contributed by atoms with Crippen molar-refractivity contribution in [3.63, 3.8) is 0 Å². The number of carbonyl (C=O) groups excluding carboxylic acids is 1. The topological polar surface area (TPSA) is 108 Å². The molecule has 11 heteroatoms. The summed E-state index contributed by atoms with van der Waals surface area (Å²) >= 11 is 6.34. The zero-order valence-corrected chi connectivity index (χ0v) is 22.7. The third-order valence-corrected chi connectivity index (χ3v) is 6.94. The van der Waals surface area contributed by atoms with Gasteiger partial charge in [-0.15, -0.1) is 15.3 Å². The van der Waals surface area contributed by atoms with Gasteiger partial charge in [0.25, 0.3) is 0 Å². The molecule has 0 unspecified atom stereocenters. The summed E-state index contributed by atoms with van der Waals surface area (Å²) in [5.41, 5.74) is 1.20. The Morgan fingerprint density at radius 2 is 1.84 bits per heavy atom. The summed E-state index contributed by atoms with van der Waals surface area (Å²) in [7, 11) is 0. The van der Waals surface area contributed by atoms with Crippen LogP contribution < -0.4 is 0 Å². The van der Waals surface area contributed by atoms with Crippen LogP contribution in [0.25, 0.3) is 5.69 Å². The molecule has 0 atom stereocenters. The Labute approximate surface area is 221 Å². The Morgan fingerprint density at radius 1 is 1.11 bits per heavy atom. The van der Waals surface area contributed by atoms with Crippen molar-refractivity contribution in [1.29, 1.82) is 0 Å². The summed E-state index contributed by atoms with van der Waals surface area (Å²) < 4.78 is 12.9. The number of fused-ring (bicyclic) bond motifs is 3. The number of hydrogen-bond acceptors (Lipinski definition) is 9. The second-order valence-electron chi connectivity index (χ2n) is 11.1. The molecule has 2 aliphatic rings. The molecule has 2 aromatic heterocycles. The van der Waals surface area contributed by atoms with Crippen molar-refractivity contribution >= 4 is 17.8 Å². The molecule has 5 rings (SSSR count). The molecule has 0 saturated heterocycles. The van der Waals surface area contributed by atoms with Crippen LogP contribution in [0.3, 0.4) is 0 Å². The third-order valence-electron chi connectivity index (χ3n) is 6.70. The molecular weight excluding hydrogens is 496 g/mol. The predicted molar refractivity (Wildman–Crippen MR) is 135 cm³/mol. The largest absolute Gasteiger partial charge is 0.528 e. The van der Waals surface area contributed by atoms with Gasteiger partial charge in [0.05, 0.1) is 18.8 Å². The summed E-state index contributed by atoms with van der Waals surface area (Å²) in [5.74, 6) is 3.83. The Morgan fingerprint density at radius 3 is 2.51 bits per heavy atom. The monoisotopic (exact) mass is 528 g/mol. The van der Waals surface area contributed by atoms with Crippen LogP contribution in [0.2, 0.25) is 5.02 Å². The number of ether oxygens (including phenoxy) is 1. The van der Waals surface area contributed by atoms with E-state index in [9.17, 15) is 4.79 Å². The van der Waals surface area contributed by atoms with Gasteiger partial charge in [0.2, 0.25) is 5.89 Å². The van der Waals surface area contributed by atoms with Crippen LogP contribution in [0.15, 0.2) is 22.7 Å². The first-order chi connectivity index (χ1) is 17.6. The summed E-state index contributed by atoms with van der Waals surface area (Å²) in [6.07, 6.45) is 3.02. The zero-order valence-electron chi connectivity index (χ0n) is 21.9. The maximum Gasteiger partial charge on any atom is 0.528 e. The Hall–Kier alpha value is -2.98. The standard InChI is InChI=1S/C26H33ClN6O4/c1-15(2)24-28-22(31-36-24)16-6-8-17(9-7-16)23-30-29-21-14-32(37-25(34)35-26(3,4)5)13-18-12-19(27)10-11-20(18)33(21)23/h10-12,15-17H,6-9,13-14H2,1-5H3/t16-,17-. The Balaban J connectivity index is 1.38. The van der Waals surface area contributed by atoms with Crippen LogP contribution in [0.4, 0.5) is 4.79 Å². The fourth-order valence-corrected chi connectivity index (χ4v) is 5.15. The Kier molecular flexibility index (Phi) is 6.97. The molecule has 0 bridgehead atoms. The lowest BCUT2D eigenvalue weighted by Crippen LogP contribution is -2.31. The lowest BCUT2D eigenvalue weighted by Gasteiger charge is -2.26. The van der Waals surface area contributed by atoms with Gasteiger partial charge in [0.15, 0.2) is 11.6 Å². The van der Waals surface area contributed by atoms with Gasteiger partial charge in [-0.25, -0.2) is 4.79 Å². The van der Waals surface area contributed by atoms with Crippen molar-refractivity contribution in [2.24, 2.45) is 0 Å². The molecule has 0 N–H and O–H groups in total. The smallest absolute Gasteiger partial charge is 0.427 e. The van der Waals surface area contributed by atoms with Gasteiger partial charge < -0.3 is 14.1 Å². The number of hydroxylamine groups is 2. The number of hydrogen-bond donors (Lipinski definition) is 0. The third kappa shape index (κ3) is 5.65. The van der Waals surface area contributed by atoms with Crippen molar-refractivity contribution in [2.75, 3.05) is 0 Å². The average molecular weight is 529 g/mol. The molecule has 37 heavy (non-hydrogen) atoms. The number of carbonyl (C=O) groups is 1. The zero-order chi connectivity index (χ0) is 26.3. The SMILES string of the molecule is CC(C)c1nc([C@H]2CC[C@H](c3nnc4n3-c3ccc(Cl)cc3CN(OC(=O)OC(C)(C)C)C4)CC2)no1. The van der Waals surface area contributed by atoms with E-state index in [1.807, 2.05) is 18.2 Å². The molecular formula is C26H33ClN6O4. The van der Waals surface area contributed by atoms with E-state index in [2.05, 4.69) is 38.8 Å². The normalized spacial score (nSPS) is 20.3. The molecule has 1 fully saturated rings. The first-order valence-electron chi connectivity index (χ1n) is 12.8. The van der Waals surface area contributed by atoms with Gasteiger partial charge >= 0.3 is 6.16 Å². The first-order valence-corrected chi connectivity index (χ1v) is 13.2. The van der Waals surface area contributed by atoms with Crippen LogP contribution in [-0.4, -0.2) is 41.7 Å². The fraction of sp³-hybridized carbons (Fsp3) is 0.577. The van der Waals surface area contributed by atoms with Gasteiger partial charge in [-0.2, -0.15) is 4.98 Å². The minimum atomic E-state index is -0.760. The van der Waals surface area contributed by atoms with E-state index in [1.54, 1.807) is 25.8 Å². The predicted octanol–water partition coefficient (Wildman–Crippen LogP) is 6.05. The van der Waals surface area contributed by atoms with Crippen molar-refractivity contribution in [3.05, 3.63) is 52.1 Å². The molecule has 10 nitrogen and oxygen atoms in total. The number of benzene rings is 1. The van der Waals surface area contributed by atoms with Crippen molar-refractivity contribution in [1.82, 2.24) is 30.0 Å². The minimum Gasteiger partial charge on any atom is -0.427 e. The van der Waals surface area contributed by atoms with E-state index in [1.165, 1.54) is 0 Å². The van der Waals surface area contributed by atoms with Crippen LogP contribution in [0.1, 0.15) is 107 Å². The molecule has 0 spiro atoms. The van der Waals surface area contributed by atoms with Gasteiger partial charge in [-0.1, -0.05) is 30.6 Å². The minimum absolute atomic E-state index is 0.219. The maximum absolute atomic E-state index is 12.4. The lowest BCUT2D eigenvalue weighted by atomic mass is 9.81. The second-order valence-corrected chi connectivity index (χ2v) is 11.6. The summed E-state index contributed by atoms with van der Waals surface area (Å²) in [4.78, 5) is 22.6. The summed E-state index contributed by atoms with van der Waals surface area (Å²) in [6.45, 7) is 10.1. The van der Waals surface area contributed by atoms with Crippen molar-refractivity contribution < 1.29 is 18.9 Å². The summed E-state index contributed by atoms with van der Waals surface area (Å²) in [5, 5.41) is 15.5. The van der Waals surface area contributed by atoms with E-state index >= 15 is 0 Å². The van der Waals surface area contributed by atoms with Gasteiger partial charge in [0.1, 0.15) is 11.4 Å².